The van der Waals surface area contributed by atoms with E-state index in [2.05, 4.69) is 0 Å². The summed E-state index contributed by atoms with van der Waals surface area (Å²) in [5, 5.41) is 8.20. The molecule has 1 saturated carbocycles. The first kappa shape index (κ1) is 8.92. The molecule has 0 aromatic rings. The normalized spacial score (nSPS) is 14.7. The highest BCUT2D eigenvalue weighted by Crippen LogP contribution is 2.14. The Labute approximate surface area is 57.5 Å². The van der Waals surface area contributed by atoms with E-state index in [0.29, 0.717) is 0 Å². The highest BCUT2D eigenvalue weighted by Gasteiger charge is 1.95. The monoisotopic (exact) mass is 131 g/mol. The van der Waals surface area contributed by atoms with Crippen LogP contribution >= 0.6 is 0 Å². The zero-order chi connectivity index (χ0) is 7.11. The van der Waals surface area contributed by atoms with E-state index in [4.69, 9.17) is 5.11 Å². The molecule has 0 aliphatic heterocycles. The number of aliphatic hydroxyl groups is 1. The maximum absolute atomic E-state index is 8.20. The molecule has 0 heterocycles. The maximum atomic E-state index is 8.20. The molecule has 0 amide bonds. The molecule has 0 aromatic carbocycles. The van der Waals surface area contributed by atoms with Gasteiger partial charge in [0.05, 0.1) is 6.61 Å². The van der Waals surface area contributed by atoms with Gasteiger partial charge >= 0.3 is 0 Å². The van der Waals surface area contributed by atoms with Crippen LogP contribution in [0.3, 0.4) is 0 Å². The molecule has 1 aliphatic rings. The third kappa shape index (κ3) is 18.1. The Kier molecular flexibility index (Phi) is 5.99. The van der Waals surface area contributed by atoms with Crippen LogP contribution in [0.1, 0.15) is 19.3 Å². The predicted molar refractivity (Wildman–Crippen MR) is 39.5 cm³/mol. The lowest BCUT2D eigenvalue weighted by Gasteiger charge is -2.03. The van der Waals surface area contributed by atoms with Gasteiger partial charge in [-0.2, -0.15) is 0 Å². The molecule has 2 nitrogen and oxygen atoms in total. The van der Waals surface area contributed by atoms with E-state index >= 15 is 0 Å². The molecule has 1 fully saturated rings. The van der Waals surface area contributed by atoms with Crippen LogP contribution in [0.5, 0.6) is 0 Å². The van der Waals surface area contributed by atoms with Crippen molar-refractivity contribution in [1.29, 1.82) is 0 Å². The van der Waals surface area contributed by atoms with E-state index in [1.165, 1.54) is 19.3 Å². The van der Waals surface area contributed by atoms with E-state index in [-0.39, 0.29) is 6.61 Å². The van der Waals surface area contributed by atoms with Gasteiger partial charge in [-0.15, -0.1) is 0 Å². The predicted octanol–water partition coefficient (Wildman–Crippen LogP) is 0.711. The molecular formula is C7H17NO. The smallest absolute Gasteiger partial charge is 0.0558 e. The van der Waals surface area contributed by atoms with Gasteiger partial charge in [0.1, 0.15) is 0 Å². The van der Waals surface area contributed by atoms with Crippen molar-refractivity contribution in [3.05, 3.63) is 0 Å². The molecule has 56 valence electrons. The van der Waals surface area contributed by atoms with Crippen molar-refractivity contribution in [1.82, 2.24) is 4.90 Å². The maximum Gasteiger partial charge on any atom is 0.0558 e. The third-order valence-corrected chi connectivity index (χ3v) is 0.901. The Balaban J connectivity index is 0.000000173. The van der Waals surface area contributed by atoms with Gasteiger partial charge in [-0.3, -0.25) is 0 Å². The van der Waals surface area contributed by atoms with Crippen LogP contribution in [-0.4, -0.2) is 37.3 Å². The van der Waals surface area contributed by atoms with Crippen LogP contribution in [0.2, 0.25) is 0 Å². The summed E-state index contributed by atoms with van der Waals surface area (Å²) in [6, 6.07) is 0. The van der Waals surface area contributed by atoms with Crippen LogP contribution in [-0.2, 0) is 0 Å². The highest BCUT2D eigenvalue weighted by atomic mass is 16.3. The zero-order valence-corrected chi connectivity index (χ0v) is 6.43. The molecule has 0 spiro atoms. The topological polar surface area (TPSA) is 23.5 Å². The highest BCUT2D eigenvalue weighted by molar-refractivity contribution is 4.50. The fraction of sp³-hybridized carbons (Fsp3) is 1.00. The Morgan fingerprint density at radius 3 is 1.67 bits per heavy atom. The summed E-state index contributed by atoms with van der Waals surface area (Å²) in [5.41, 5.74) is 0. The summed E-state index contributed by atoms with van der Waals surface area (Å²) in [7, 11) is 3.85. The molecule has 9 heavy (non-hydrogen) atoms. The van der Waals surface area contributed by atoms with Gasteiger partial charge in [0, 0.05) is 6.54 Å². The quantitative estimate of drug-likeness (QED) is 0.596. The summed E-state index contributed by atoms with van der Waals surface area (Å²) in [6.07, 6.45) is 4.50. The van der Waals surface area contributed by atoms with Crippen molar-refractivity contribution >= 4 is 0 Å². The first-order valence-corrected chi connectivity index (χ1v) is 3.53. The van der Waals surface area contributed by atoms with Crippen LogP contribution in [0.15, 0.2) is 0 Å². The summed E-state index contributed by atoms with van der Waals surface area (Å²) < 4.78 is 0. The van der Waals surface area contributed by atoms with Crippen molar-refractivity contribution in [2.24, 2.45) is 0 Å². The van der Waals surface area contributed by atoms with Crippen molar-refractivity contribution in [2.45, 2.75) is 19.3 Å². The molecule has 0 aromatic heterocycles. The minimum absolute atomic E-state index is 0.257. The second-order valence-electron chi connectivity index (χ2n) is 2.59. The van der Waals surface area contributed by atoms with Crippen molar-refractivity contribution in [3.63, 3.8) is 0 Å². The molecule has 0 unspecified atom stereocenters. The number of rotatable bonds is 2. The average molecular weight is 131 g/mol. The van der Waals surface area contributed by atoms with Gasteiger partial charge in [0.15, 0.2) is 0 Å². The van der Waals surface area contributed by atoms with Crippen LogP contribution in [0, 0.1) is 0 Å². The second kappa shape index (κ2) is 6.05. The lowest BCUT2D eigenvalue weighted by atomic mass is 10.6. The Hall–Kier alpha value is -0.0800. The van der Waals surface area contributed by atoms with E-state index in [0.717, 1.165) is 6.54 Å². The number of hydrogen-bond acceptors (Lipinski definition) is 2. The molecule has 0 saturated heterocycles. The fourth-order valence-corrected chi connectivity index (χ4v) is 0.200. The lowest BCUT2D eigenvalue weighted by Crippen LogP contribution is -2.15. The molecule has 0 atom stereocenters. The first-order chi connectivity index (χ1) is 4.27. The summed E-state index contributed by atoms with van der Waals surface area (Å²) in [6.45, 7) is 1.02. The molecule has 0 bridgehead atoms. The van der Waals surface area contributed by atoms with Gasteiger partial charge in [0.25, 0.3) is 0 Å². The molecular weight excluding hydrogens is 114 g/mol. The lowest BCUT2D eigenvalue weighted by molar-refractivity contribution is 0.243. The molecule has 1 rings (SSSR count). The van der Waals surface area contributed by atoms with E-state index < -0.39 is 0 Å². The van der Waals surface area contributed by atoms with Gasteiger partial charge in [-0.25, -0.2) is 0 Å². The Morgan fingerprint density at radius 2 is 1.67 bits per heavy atom. The van der Waals surface area contributed by atoms with Crippen molar-refractivity contribution in [2.75, 3.05) is 27.2 Å². The van der Waals surface area contributed by atoms with E-state index in [9.17, 15) is 0 Å². The molecule has 0 radical (unpaired) electrons. The van der Waals surface area contributed by atoms with Crippen molar-refractivity contribution < 1.29 is 5.11 Å². The number of nitrogens with zero attached hydrogens (tertiary/aromatic N) is 1. The largest absolute Gasteiger partial charge is 0.395 e. The number of aliphatic hydroxyl groups excluding tert-OH is 1. The van der Waals surface area contributed by atoms with E-state index in [1.807, 2.05) is 19.0 Å². The van der Waals surface area contributed by atoms with Crippen LogP contribution in [0.4, 0.5) is 0 Å². The van der Waals surface area contributed by atoms with Crippen LogP contribution < -0.4 is 0 Å². The summed E-state index contributed by atoms with van der Waals surface area (Å²) in [4.78, 5) is 1.93. The van der Waals surface area contributed by atoms with Crippen LogP contribution in [0.25, 0.3) is 0 Å². The summed E-state index contributed by atoms with van der Waals surface area (Å²) >= 11 is 0. The zero-order valence-electron chi connectivity index (χ0n) is 6.43. The average Bonchev–Trinajstić information content (AvgIpc) is 2.45. The standard InChI is InChI=1S/C4H11NO.C3H6/c1-5(2)3-4-6;1-2-3-1/h6H,3-4H2,1-2H3;1-3H2. The van der Waals surface area contributed by atoms with Crippen molar-refractivity contribution in [3.8, 4) is 0 Å². The number of hydrogen-bond donors (Lipinski definition) is 1. The Morgan fingerprint density at radius 1 is 1.22 bits per heavy atom. The van der Waals surface area contributed by atoms with E-state index in [1.54, 1.807) is 0 Å². The van der Waals surface area contributed by atoms with Gasteiger partial charge in [-0.1, -0.05) is 19.3 Å². The third-order valence-electron chi connectivity index (χ3n) is 0.901. The van der Waals surface area contributed by atoms with Gasteiger partial charge in [-0.05, 0) is 14.1 Å². The first-order valence-electron chi connectivity index (χ1n) is 3.53. The fourth-order valence-electron chi connectivity index (χ4n) is 0.200. The second-order valence-corrected chi connectivity index (χ2v) is 2.59. The minimum atomic E-state index is 0.257. The SMILES string of the molecule is C1CC1.CN(C)CCO. The summed E-state index contributed by atoms with van der Waals surface area (Å²) in [5.74, 6) is 0. The number of likely N-dealkylation sites (N-methyl/N-ethyl adjacent to an activating group) is 1. The van der Waals surface area contributed by atoms with Gasteiger partial charge < -0.3 is 10.0 Å². The molecule has 2 heteroatoms. The van der Waals surface area contributed by atoms with Gasteiger partial charge in [0.2, 0.25) is 0 Å². The Bertz CT molecular complexity index is 50.1. The molecule has 1 N–H and O–H groups in total. The minimum Gasteiger partial charge on any atom is -0.395 e. The molecule has 1 aliphatic carbocycles.